The van der Waals surface area contributed by atoms with E-state index in [2.05, 4.69) is 25.3 Å². The van der Waals surface area contributed by atoms with Crippen LogP contribution in [0.25, 0.3) is 11.5 Å². The lowest BCUT2D eigenvalue weighted by Crippen LogP contribution is -2.19. The maximum absolute atomic E-state index is 4.96. The molecular formula is C12H15N5O. The van der Waals surface area contributed by atoms with Crippen LogP contribution in [0.3, 0.4) is 0 Å². The van der Waals surface area contributed by atoms with Crippen LogP contribution in [0, 0.1) is 0 Å². The molecule has 0 radical (unpaired) electrons. The quantitative estimate of drug-likeness (QED) is 0.754. The van der Waals surface area contributed by atoms with Gasteiger partial charge in [-0.1, -0.05) is 0 Å². The zero-order valence-electron chi connectivity index (χ0n) is 10.2. The summed E-state index contributed by atoms with van der Waals surface area (Å²) in [4.78, 5) is 16.6. The Morgan fingerprint density at radius 3 is 2.94 bits per heavy atom. The zero-order valence-corrected chi connectivity index (χ0v) is 10.2. The third kappa shape index (κ3) is 3.54. The minimum absolute atomic E-state index is 0.614. The van der Waals surface area contributed by atoms with E-state index >= 15 is 0 Å². The molecule has 6 nitrogen and oxygen atoms in total. The molecule has 0 aromatic carbocycles. The van der Waals surface area contributed by atoms with Crippen LogP contribution in [-0.2, 0) is 11.3 Å². The van der Waals surface area contributed by atoms with Gasteiger partial charge in [0.1, 0.15) is 12.0 Å². The molecule has 0 bridgehead atoms. The Kier molecular flexibility index (Phi) is 4.68. The van der Waals surface area contributed by atoms with E-state index in [0.717, 1.165) is 17.9 Å². The molecule has 0 amide bonds. The van der Waals surface area contributed by atoms with Crippen LogP contribution in [0.1, 0.15) is 5.69 Å². The second-order valence-electron chi connectivity index (χ2n) is 3.64. The maximum Gasteiger partial charge on any atom is 0.178 e. The van der Waals surface area contributed by atoms with Gasteiger partial charge in [0.05, 0.1) is 12.3 Å². The number of methoxy groups -OCH3 is 1. The van der Waals surface area contributed by atoms with Gasteiger partial charge in [-0.2, -0.15) is 0 Å². The number of nitrogens with one attached hydrogen (secondary N) is 1. The third-order valence-corrected chi connectivity index (χ3v) is 2.31. The van der Waals surface area contributed by atoms with Gasteiger partial charge in [-0.05, 0) is 12.1 Å². The highest BCUT2D eigenvalue weighted by Gasteiger charge is 2.03. The first kappa shape index (κ1) is 12.5. The van der Waals surface area contributed by atoms with E-state index < -0.39 is 0 Å². The van der Waals surface area contributed by atoms with Crippen molar-refractivity contribution in [2.24, 2.45) is 0 Å². The summed E-state index contributed by atoms with van der Waals surface area (Å²) < 4.78 is 4.96. The second kappa shape index (κ2) is 6.73. The van der Waals surface area contributed by atoms with Gasteiger partial charge in [-0.25, -0.2) is 19.9 Å². The molecule has 2 rings (SSSR count). The molecular weight excluding hydrogens is 230 g/mol. The molecule has 18 heavy (non-hydrogen) atoms. The van der Waals surface area contributed by atoms with Gasteiger partial charge in [0.2, 0.25) is 0 Å². The molecule has 0 saturated heterocycles. The highest BCUT2D eigenvalue weighted by molar-refractivity contribution is 5.47. The van der Waals surface area contributed by atoms with Gasteiger partial charge in [0, 0.05) is 32.6 Å². The monoisotopic (exact) mass is 245 g/mol. The first-order chi connectivity index (χ1) is 8.90. The van der Waals surface area contributed by atoms with Gasteiger partial charge in [-0.15, -0.1) is 0 Å². The normalized spacial score (nSPS) is 10.5. The highest BCUT2D eigenvalue weighted by Crippen LogP contribution is 2.09. The van der Waals surface area contributed by atoms with Crippen molar-refractivity contribution in [1.82, 2.24) is 25.3 Å². The van der Waals surface area contributed by atoms with Crippen LogP contribution in [0.4, 0.5) is 0 Å². The highest BCUT2D eigenvalue weighted by atomic mass is 16.5. The van der Waals surface area contributed by atoms with Crippen molar-refractivity contribution < 1.29 is 4.74 Å². The summed E-state index contributed by atoms with van der Waals surface area (Å²) in [5.41, 5.74) is 1.65. The van der Waals surface area contributed by atoms with Crippen LogP contribution in [0.2, 0.25) is 0 Å². The average Bonchev–Trinajstić information content (AvgIpc) is 2.45. The molecule has 1 N–H and O–H groups in total. The smallest absolute Gasteiger partial charge is 0.178 e. The predicted molar refractivity (Wildman–Crippen MR) is 66.6 cm³/mol. The molecule has 0 aliphatic heterocycles. The number of aromatic nitrogens is 4. The summed E-state index contributed by atoms with van der Waals surface area (Å²) >= 11 is 0. The van der Waals surface area contributed by atoms with E-state index in [9.17, 15) is 0 Å². The summed E-state index contributed by atoms with van der Waals surface area (Å²) in [5.74, 6) is 0.614. The number of hydrogen-bond acceptors (Lipinski definition) is 6. The van der Waals surface area contributed by atoms with Gasteiger partial charge in [-0.3, -0.25) is 0 Å². The van der Waals surface area contributed by atoms with Crippen molar-refractivity contribution in [2.75, 3.05) is 20.3 Å². The number of rotatable bonds is 6. The largest absolute Gasteiger partial charge is 0.383 e. The van der Waals surface area contributed by atoms with Crippen LogP contribution in [0.15, 0.2) is 30.9 Å². The Morgan fingerprint density at radius 2 is 2.17 bits per heavy atom. The summed E-state index contributed by atoms with van der Waals surface area (Å²) in [6, 6.07) is 3.67. The van der Waals surface area contributed by atoms with Gasteiger partial charge in [0.15, 0.2) is 5.82 Å². The molecule has 0 spiro atoms. The lowest BCUT2D eigenvalue weighted by Gasteiger charge is -2.04. The predicted octanol–water partition coefficient (Wildman–Crippen LogP) is 0.670. The third-order valence-electron chi connectivity index (χ3n) is 2.31. The molecule has 6 heteroatoms. The van der Waals surface area contributed by atoms with Crippen molar-refractivity contribution in [3.63, 3.8) is 0 Å². The van der Waals surface area contributed by atoms with Crippen molar-refractivity contribution in [3.8, 4) is 11.5 Å². The van der Waals surface area contributed by atoms with E-state index in [-0.39, 0.29) is 0 Å². The topological polar surface area (TPSA) is 72.8 Å². The van der Waals surface area contributed by atoms with Crippen LogP contribution in [0.5, 0.6) is 0 Å². The van der Waals surface area contributed by atoms with E-state index in [0.29, 0.717) is 19.0 Å². The lowest BCUT2D eigenvalue weighted by molar-refractivity contribution is 0.199. The molecule has 2 aromatic heterocycles. The second-order valence-corrected chi connectivity index (χ2v) is 3.64. The number of ether oxygens (including phenoxy) is 1. The summed E-state index contributed by atoms with van der Waals surface area (Å²) in [6.07, 6.45) is 4.90. The Labute approximate surface area is 105 Å². The van der Waals surface area contributed by atoms with E-state index in [1.165, 1.54) is 6.33 Å². The summed E-state index contributed by atoms with van der Waals surface area (Å²) in [6.45, 7) is 2.16. The summed E-state index contributed by atoms with van der Waals surface area (Å²) in [5, 5.41) is 3.23. The first-order valence-electron chi connectivity index (χ1n) is 5.68. The molecule has 0 fully saturated rings. The van der Waals surface area contributed by atoms with Gasteiger partial charge >= 0.3 is 0 Å². The Morgan fingerprint density at radius 1 is 1.22 bits per heavy atom. The van der Waals surface area contributed by atoms with E-state index in [4.69, 9.17) is 4.74 Å². The fourth-order valence-corrected chi connectivity index (χ4v) is 1.43. The van der Waals surface area contributed by atoms with Crippen LogP contribution in [-0.4, -0.2) is 40.2 Å². The Balaban J connectivity index is 2.02. The van der Waals surface area contributed by atoms with Crippen molar-refractivity contribution in [3.05, 3.63) is 36.5 Å². The molecule has 0 aliphatic rings. The molecule has 2 heterocycles. The standard InChI is InChI=1S/C12H15N5O/c1-18-7-6-13-8-10-2-5-15-12(17-10)11-3-4-14-9-16-11/h2-5,9,13H,6-8H2,1H3. The molecule has 0 aliphatic carbocycles. The summed E-state index contributed by atoms with van der Waals surface area (Å²) in [7, 11) is 1.68. The van der Waals surface area contributed by atoms with Gasteiger partial charge in [0.25, 0.3) is 0 Å². The van der Waals surface area contributed by atoms with E-state index in [1.54, 1.807) is 25.6 Å². The fourth-order valence-electron chi connectivity index (χ4n) is 1.43. The first-order valence-corrected chi connectivity index (χ1v) is 5.68. The minimum atomic E-state index is 0.614. The van der Waals surface area contributed by atoms with Crippen molar-refractivity contribution >= 4 is 0 Å². The Hall–Kier alpha value is -1.92. The van der Waals surface area contributed by atoms with Crippen molar-refractivity contribution in [2.45, 2.75) is 6.54 Å². The van der Waals surface area contributed by atoms with Gasteiger partial charge < -0.3 is 10.1 Å². The maximum atomic E-state index is 4.96. The molecule has 0 saturated carbocycles. The van der Waals surface area contributed by atoms with Crippen LogP contribution < -0.4 is 5.32 Å². The van der Waals surface area contributed by atoms with Crippen LogP contribution >= 0.6 is 0 Å². The zero-order chi connectivity index (χ0) is 12.6. The SMILES string of the molecule is COCCNCc1ccnc(-c2ccncn2)n1. The number of nitrogens with zero attached hydrogens (tertiary/aromatic N) is 4. The average molecular weight is 245 g/mol. The Bertz CT molecular complexity index is 477. The molecule has 0 atom stereocenters. The minimum Gasteiger partial charge on any atom is -0.383 e. The molecule has 94 valence electrons. The van der Waals surface area contributed by atoms with Crippen molar-refractivity contribution in [1.29, 1.82) is 0 Å². The fraction of sp³-hybridized carbons (Fsp3) is 0.333. The van der Waals surface area contributed by atoms with E-state index in [1.807, 2.05) is 6.07 Å². The molecule has 0 unspecified atom stereocenters. The number of hydrogen-bond donors (Lipinski definition) is 1. The lowest BCUT2D eigenvalue weighted by atomic mass is 10.3. The molecule has 2 aromatic rings.